The Balaban J connectivity index is 1.75. The zero-order valence-corrected chi connectivity index (χ0v) is 16.3. The van der Waals surface area contributed by atoms with Crippen LogP contribution in [-0.4, -0.2) is 20.9 Å². The average Bonchev–Trinajstić information content (AvgIpc) is 2.98. The van der Waals surface area contributed by atoms with Crippen LogP contribution in [0.25, 0.3) is 0 Å². The highest BCUT2D eigenvalue weighted by Crippen LogP contribution is 2.32. The molecule has 0 unspecified atom stereocenters. The number of amides is 1. The predicted molar refractivity (Wildman–Crippen MR) is 105 cm³/mol. The maximum atomic E-state index is 12.4. The lowest BCUT2D eigenvalue weighted by Gasteiger charge is -2.19. The van der Waals surface area contributed by atoms with E-state index in [2.05, 4.69) is 4.72 Å². The first kappa shape index (κ1) is 18.7. The molecule has 0 saturated carbocycles. The third-order valence-electron chi connectivity index (χ3n) is 4.28. The Bertz CT molecular complexity index is 924. The van der Waals surface area contributed by atoms with Crippen LogP contribution in [0, 0.1) is 5.92 Å². The number of fused-ring (bicyclic) bond motifs is 1. The summed E-state index contributed by atoms with van der Waals surface area (Å²) in [4.78, 5) is 14.0. The van der Waals surface area contributed by atoms with E-state index < -0.39 is 10.0 Å². The Morgan fingerprint density at radius 3 is 2.54 bits per heavy atom. The summed E-state index contributed by atoms with van der Waals surface area (Å²) in [6, 6.07) is 12.0. The third-order valence-corrected chi connectivity index (χ3v) is 5.79. The number of anilines is 2. The van der Waals surface area contributed by atoms with Crippen molar-refractivity contribution in [3.8, 4) is 0 Å². The highest BCUT2D eigenvalue weighted by molar-refractivity contribution is 7.91. The highest BCUT2D eigenvalue weighted by Gasteiger charge is 2.26. The van der Waals surface area contributed by atoms with Gasteiger partial charge in [-0.1, -0.05) is 37.6 Å². The summed E-state index contributed by atoms with van der Waals surface area (Å²) in [6.07, 6.45) is 0.723. The maximum absolute atomic E-state index is 12.4. The lowest BCUT2D eigenvalue weighted by atomic mass is 10.1. The van der Waals surface area contributed by atoms with Gasteiger partial charge >= 0.3 is 0 Å². The normalized spacial score (nSPS) is 13.8. The van der Waals surface area contributed by atoms with Crippen molar-refractivity contribution in [3.63, 3.8) is 0 Å². The van der Waals surface area contributed by atoms with Crippen LogP contribution >= 0.6 is 11.6 Å². The van der Waals surface area contributed by atoms with Crippen LogP contribution in [0.3, 0.4) is 0 Å². The molecular formula is C19H21ClN2O3S. The Morgan fingerprint density at radius 1 is 1.19 bits per heavy atom. The molecule has 1 aliphatic rings. The first-order chi connectivity index (χ1) is 12.2. The molecule has 3 rings (SSSR count). The molecule has 1 N–H and O–H groups in total. The molecule has 0 spiro atoms. The number of halogens is 1. The molecule has 1 amide bonds. The SMILES string of the molecule is CC(C)C(=O)N1CCc2cc(NS(=O)(=O)Cc3ccc(Cl)cc3)ccc21. The van der Waals surface area contributed by atoms with Crippen molar-refractivity contribution in [2.75, 3.05) is 16.2 Å². The summed E-state index contributed by atoms with van der Waals surface area (Å²) in [7, 11) is -3.53. The van der Waals surface area contributed by atoms with Gasteiger partial charge in [-0.25, -0.2) is 8.42 Å². The van der Waals surface area contributed by atoms with Gasteiger partial charge in [0, 0.05) is 28.9 Å². The second-order valence-corrected chi connectivity index (χ2v) is 8.88. The lowest BCUT2D eigenvalue weighted by molar-refractivity contribution is -0.121. The minimum absolute atomic E-state index is 0.0708. The quantitative estimate of drug-likeness (QED) is 0.840. The second-order valence-electron chi connectivity index (χ2n) is 6.73. The average molecular weight is 393 g/mol. The first-order valence-corrected chi connectivity index (χ1v) is 10.5. The molecule has 2 aromatic rings. The van der Waals surface area contributed by atoms with E-state index in [-0.39, 0.29) is 17.6 Å². The Kier molecular flexibility index (Phi) is 5.25. The molecule has 2 aromatic carbocycles. The van der Waals surface area contributed by atoms with E-state index in [0.29, 0.717) is 22.8 Å². The lowest BCUT2D eigenvalue weighted by Crippen LogP contribution is -2.32. The van der Waals surface area contributed by atoms with Crippen LogP contribution < -0.4 is 9.62 Å². The number of nitrogens with one attached hydrogen (secondary N) is 1. The fourth-order valence-electron chi connectivity index (χ4n) is 3.02. The number of benzene rings is 2. The molecule has 1 aliphatic heterocycles. The van der Waals surface area contributed by atoms with Crippen molar-refractivity contribution in [2.45, 2.75) is 26.0 Å². The van der Waals surface area contributed by atoms with Gasteiger partial charge in [0.25, 0.3) is 0 Å². The van der Waals surface area contributed by atoms with Crippen LogP contribution in [0.1, 0.15) is 25.0 Å². The molecule has 0 aromatic heterocycles. The standard InChI is InChI=1S/C19H21ClN2O3S/c1-13(2)19(23)22-10-9-15-11-17(7-8-18(15)22)21-26(24,25)12-14-3-5-16(20)6-4-14/h3-8,11,13,21H,9-10,12H2,1-2H3. The van der Waals surface area contributed by atoms with Gasteiger partial charge in [0.1, 0.15) is 0 Å². The van der Waals surface area contributed by atoms with Crippen molar-refractivity contribution in [1.29, 1.82) is 0 Å². The van der Waals surface area contributed by atoms with Crippen LogP contribution in [0.4, 0.5) is 11.4 Å². The van der Waals surface area contributed by atoms with Crippen LogP contribution in [0.2, 0.25) is 5.02 Å². The van der Waals surface area contributed by atoms with Gasteiger partial charge in [0.05, 0.1) is 5.75 Å². The van der Waals surface area contributed by atoms with E-state index in [1.165, 1.54) is 0 Å². The Hall–Kier alpha value is -2.05. The van der Waals surface area contributed by atoms with E-state index >= 15 is 0 Å². The number of carbonyl (C=O) groups excluding carboxylic acids is 1. The van der Waals surface area contributed by atoms with Crippen molar-refractivity contribution >= 4 is 38.9 Å². The van der Waals surface area contributed by atoms with Crippen molar-refractivity contribution < 1.29 is 13.2 Å². The minimum Gasteiger partial charge on any atom is -0.312 e. The molecule has 0 saturated heterocycles. The minimum atomic E-state index is -3.53. The van der Waals surface area contributed by atoms with E-state index in [9.17, 15) is 13.2 Å². The number of hydrogen-bond acceptors (Lipinski definition) is 3. The number of hydrogen-bond donors (Lipinski definition) is 1. The van der Waals surface area contributed by atoms with Crippen LogP contribution in [-0.2, 0) is 27.0 Å². The summed E-state index contributed by atoms with van der Waals surface area (Å²) in [5.41, 5.74) is 3.02. The molecule has 1 heterocycles. The number of nitrogens with zero attached hydrogens (tertiary/aromatic N) is 1. The maximum Gasteiger partial charge on any atom is 0.236 e. The van der Waals surface area contributed by atoms with Crippen LogP contribution in [0.15, 0.2) is 42.5 Å². The predicted octanol–water partition coefficient (Wildman–Crippen LogP) is 3.83. The van der Waals surface area contributed by atoms with Gasteiger partial charge in [-0.05, 0) is 47.9 Å². The number of carbonyl (C=O) groups is 1. The topological polar surface area (TPSA) is 66.5 Å². The first-order valence-electron chi connectivity index (χ1n) is 8.44. The molecule has 0 aliphatic carbocycles. The van der Waals surface area contributed by atoms with E-state index in [0.717, 1.165) is 17.7 Å². The molecule has 0 bridgehead atoms. The van der Waals surface area contributed by atoms with Gasteiger partial charge < -0.3 is 4.90 Å². The largest absolute Gasteiger partial charge is 0.312 e. The van der Waals surface area contributed by atoms with Gasteiger partial charge in [0.15, 0.2) is 0 Å². The van der Waals surface area contributed by atoms with E-state index in [1.807, 2.05) is 26.0 Å². The summed E-state index contributed by atoms with van der Waals surface area (Å²) in [5, 5.41) is 0.568. The fraction of sp³-hybridized carbons (Fsp3) is 0.316. The van der Waals surface area contributed by atoms with E-state index in [4.69, 9.17) is 11.6 Å². The molecular weight excluding hydrogens is 372 g/mol. The zero-order valence-electron chi connectivity index (χ0n) is 14.7. The van der Waals surface area contributed by atoms with E-state index in [1.54, 1.807) is 35.2 Å². The van der Waals surface area contributed by atoms with Gasteiger partial charge in [-0.3, -0.25) is 9.52 Å². The molecule has 5 nitrogen and oxygen atoms in total. The molecule has 7 heteroatoms. The zero-order chi connectivity index (χ0) is 18.9. The second kappa shape index (κ2) is 7.29. The van der Waals surface area contributed by atoms with Crippen molar-refractivity contribution in [2.24, 2.45) is 5.92 Å². The summed E-state index contributed by atoms with van der Waals surface area (Å²) >= 11 is 5.83. The Labute approximate surface area is 159 Å². The van der Waals surface area contributed by atoms with Gasteiger partial charge in [0.2, 0.25) is 15.9 Å². The number of sulfonamides is 1. The van der Waals surface area contributed by atoms with Gasteiger partial charge in [-0.2, -0.15) is 0 Å². The highest BCUT2D eigenvalue weighted by atomic mass is 35.5. The molecule has 138 valence electrons. The Morgan fingerprint density at radius 2 is 1.88 bits per heavy atom. The summed E-state index contributed by atoms with van der Waals surface area (Å²) in [6.45, 7) is 4.38. The third kappa shape index (κ3) is 4.19. The number of rotatable bonds is 5. The molecule has 0 radical (unpaired) electrons. The molecule has 26 heavy (non-hydrogen) atoms. The monoisotopic (exact) mass is 392 g/mol. The van der Waals surface area contributed by atoms with Crippen molar-refractivity contribution in [1.82, 2.24) is 0 Å². The molecule has 0 fully saturated rings. The molecule has 0 atom stereocenters. The van der Waals surface area contributed by atoms with Crippen molar-refractivity contribution in [3.05, 3.63) is 58.6 Å². The van der Waals surface area contributed by atoms with Crippen LogP contribution in [0.5, 0.6) is 0 Å². The fourth-order valence-corrected chi connectivity index (χ4v) is 4.34. The summed E-state index contributed by atoms with van der Waals surface area (Å²) < 4.78 is 27.4. The smallest absolute Gasteiger partial charge is 0.236 e. The van der Waals surface area contributed by atoms with Gasteiger partial charge in [-0.15, -0.1) is 0 Å². The summed E-state index contributed by atoms with van der Waals surface area (Å²) in [5.74, 6) is -0.113.